The number of carbonyl (C=O) groups is 1. The highest BCUT2D eigenvalue weighted by Gasteiger charge is 2.59. The number of unbranched alkanes of at least 4 members (excludes halogenated alkanes) is 3. The van der Waals surface area contributed by atoms with Crippen LogP contribution in [0.15, 0.2) is 11.6 Å². The van der Waals surface area contributed by atoms with Gasteiger partial charge in [0.25, 0.3) is 0 Å². The third-order valence-corrected chi connectivity index (χ3v) is 11.1. The summed E-state index contributed by atoms with van der Waals surface area (Å²) in [5.41, 5.74) is 2.18. The fraction of sp³-hybridized carbons (Fsp3) is 0.903. The molecular weight excluding hydrogens is 452 g/mol. The van der Waals surface area contributed by atoms with Crippen molar-refractivity contribution in [2.45, 2.75) is 117 Å². The minimum absolute atomic E-state index is 0.170. The van der Waals surface area contributed by atoms with Crippen LogP contribution in [0.5, 0.6) is 0 Å². The normalized spacial score (nSPS) is 40.6. The average Bonchev–Trinajstić information content (AvgIpc) is 3.20. The van der Waals surface area contributed by atoms with Crippen molar-refractivity contribution in [1.29, 1.82) is 0 Å². The quantitative estimate of drug-likeness (QED) is 0.147. The molecule has 0 spiro atoms. The third kappa shape index (κ3) is 5.59. The summed E-state index contributed by atoms with van der Waals surface area (Å²) < 4.78 is 16.1. The largest absolute Gasteiger partial charge is 0.466 e. The van der Waals surface area contributed by atoms with Crippen LogP contribution in [0.25, 0.3) is 0 Å². The van der Waals surface area contributed by atoms with E-state index in [0.29, 0.717) is 36.6 Å². The molecule has 9 atom stereocenters. The Kier molecular flexibility index (Phi) is 9.26. The average molecular weight is 505 g/mol. The minimum atomic E-state index is -0.346. The SMILES string of the molecule is COCO[C@H]1CC[C@]2(C)C3CC[C@]4(C)[C@@H]([C@H](C)CCCCCCOC(C)=O)CC[C@H]4C3=C[C@H](O)[C@H]2C1. The molecule has 3 fully saturated rings. The molecule has 0 heterocycles. The first-order chi connectivity index (χ1) is 17.2. The molecule has 3 saturated carbocycles. The summed E-state index contributed by atoms with van der Waals surface area (Å²) in [6.07, 6.45) is 16.5. The summed E-state index contributed by atoms with van der Waals surface area (Å²) >= 11 is 0. The number of hydrogen-bond acceptors (Lipinski definition) is 5. The van der Waals surface area contributed by atoms with Crippen molar-refractivity contribution in [2.24, 2.45) is 40.4 Å². The van der Waals surface area contributed by atoms with Gasteiger partial charge in [0.1, 0.15) is 6.79 Å². The molecule has 0 saturated heterocycles. The van der Waals surface area contributed by atoms with E-state index in [0.717, 1.165) is 43.9 Å². The molecule has 0 bridgehead atoms. The van der Waals surface area contributed by atoms with Crippen molar-refractivity contribution < 1.29 is 24.1 Å². The predicted octanol–water partition coefficient (Wildman–Crippen LogP) is 6.68. The summed E-state index contributed by atoms with van der Waals surface area (Å²) in [6.45, 7) is 9.95. The van der Waals surface area contributed by atoms with E-state index in [4.69, 9.17) is 14.2 Å². The molecule has 5 nitrogen and oxygen atoms in total. The van der Waals surface area contributed by atoms with Crippen molar-refractivity contribution in [3.8, 4) is 0 Å². The van der Waals surface area contributed by atoms with Gasteiger partial charge in [0.05, 0.1) is 18.8 Å². The Morgan fingerprint density at radius 3 is 2.53 bits per heavy atom. The number of fused-ring (bicyclic) bond motifs is 5. The van der Waals surface area contributed by atoms with Crippen LogP contribution >= 0.6 is 0 Å². The lowest BCUT2D eigenvalue weighted by atomic mass is 9.47. The van der Waals surface area contributed by atoms with Crippen LogP contribution in [0.4, 0.5) is 0 Å². The zero-order valence-electron chi connectivity index (χ0n) is 23.6. The Morgan fingerprint density at radius 2 is 1.78 bits per heavy atom. The number of aliphatic hydroxyl groups excluding tert-OH is 1. The Bertz CT molecular complexity index is 779. The number of esters is 1. The highest BCUT2D eigenvalue weighted by Crippen LogP contribution is 2.67. The van der Waals surface area contributed by atoms with Crippen molar-refractivity contribution >= 4 is 5.97 Å². The van der Waals surface area contributed by atoms with Crippen molar-refractivity contribution in [3.63, 3.8) is 0 Å². The molecule has 1 N–H and O–H groups in total. The second-order valence-corrected chi connectivity index (χ2v) is 13.1. The van der Waals surface area contributed by atoms with Crippen molar-refractivity contribution in [2.75, 3.05) is 20.5 Å². The van der Waals surface area contributed by atoms with Crippen LogP contribution in [0.2, 0.25) is 0 Å². The van der Waals surface area contributed by atoms with E-state index in [1.54, 1.807) is 12.7 Å². The second kappa shape index (κ2) is 11.9. The van der Waals surface area contributed by atoms with E-state index in [1.807, 2.05) is 0 Å². The lowest BCUT2D eigenvalue weighted by Crippen LogP contribution is -2.54. The van der Waals surface area contributed by atoms with Gasteiger partial charge in [0.15, 0.2) is 0 Å². The highest BCUT2D eigenvalue weighted by atomic mass is 16.7. The first-order valence-electron chi connectivity index (χ1n) is 14.8. The van der Waals surface area contributed by atoms with E-state index >= 15 is 0 Å². The van der Waals surface area contributed by atoms with Gasteiger partial charge in [-0.05, 0) is 91.8 Å². The van der Waals surface area contributed by atoms with Gasteiger partial charge in [0.2, 0.25) is 0 Å². The lowest BCUT2D eigenvalue weighted by molar-refractivity contribution is -0.141. The summed E-state index contributed by atoms with van der Waals surface area (Å²) in [7, 11) is 1.68. The topological polar surface area (TPSA) is 65.0 Å². The highest BCUT2D eigenvalue weighted by molar-refractivity contribution is 5.65. The molecular formula is C31H52O5. The number of carbonyl (C=O) groups excluding carboxylic acids is 1. The molecule has 5 heteroatoms. The summed E-state index contributed by atoms with van der Waals surface area (Å²) in [5.74, 6) is 2.92. The first kappa shape index (κ1) is 28.1. The molecule has 4 rings (SSSR count). The van der Waals surface area contributed by atoms with E-state index < -0.39 is 0 Å². The molecule has 36 heavy (non-hydrogen) atoms. The summed E-state index contributed by atoms with van der Waals surface area (Å²) in [5, 5.41) is 11.4. The Morgan fingerprint density at radius 1 is 1.06 bits per heavy atom. The van der Waals surface area contributed by atoms with Crippen LogP contribution < -0.4 is 0 Å². The van der Waals surface area contributed by atoms with Gasteiger partial charge in [-0.15, -0.1) is 0 Å². The van der Waals surface area contributed by atoms with E-state index in [-0.39, 0.29) is 23.6 Å². The van der Waals surface area contributed by atoms with E-state index in [1.165, 1.54) is 51.9 Å². The standard InChI is InChI=1S/C31H52O5/c1-21(10-8-6-7-9-17-35-22(2)32)25-11-12-26-24-19-29(33)28-18-23(36-20-34-5)13-15-31(28,4)27(24)14-16-30(25,26)3/h19,21,23,25-29,33H,6-18,20H2,1-5H3/t21-,23+,25-,26+,27?,28-,29+,30-,31-/m1/s1. The van der Waals surface area contributed by atoms with Crippen LogP contribution in [-0.2, 0) is 19.0 Å². The molecule has 0 aliphatic heterocycles. The maximum atomic E-state index is 11.4. The first-order valence-corrected chi connectivity index (χ1v) is 14.8. The number of hydrogen-bond donors (Lipinski definition) is 1. The van der Waals surface area contributed by atoms with Crippen molar-refractivity contribution in [3.05, 3.63) is 11.6 Å². The van der Waals surface area contributed by atoms with Crippen LogP contribution in [0, 0.1) is 40.4 Å². The number of ether oxygens (including phenoxy) is 3. The number of methoxy groups -OCH3 is 1. The van der Waals surface area contributed by atoms with Gasteiger partial charge in [-0.1, -0.05) is 58.1 Å². The second-order valence-electron chi connectivity index (χ2n) is 13.1. The Hall–Kier alpha value is -0.910. The zero-order chi connectivity index (χ0) is 25.9. The molecule has 0 aromatic heterocycles. The summed E-state index contributed by atoms with van der Waals surface area (Å²) in [4.78, 5) is 10.9. The maximum absolute atomic E-state index is 11.4. The maximum Gasteiger partial charge on any atom is 0.302 e. The third-order valence-electron chi connectivity index (χ3n) is 11.1. The van der Waals surface area contributed by atoms with E-state index in [9.17, 15) is 9.90 Å². The smallest absolute Gasteiger partial charge is 0.302 e. The lowest BCUT2D eigenvalue weighted by Gasteiger charge is -2.59. The monoisotopic (exact) mass is 504 g/mol. The van der Waals surface area contributed by atoms with Gasteiger partial charge in [-0.25, -0.2) is 0 Å². The molecule has 0 aromatic rings. The fourth-order valence-corrected chi connectivity index (χ4v) is 9.17. The summed E-state index contributed by atoms with van der Waals surface area (Å²) in [6, 6.07) is 0. The predicted molar refractivity (Wildman–Crippen MR) is 142 cm³/mol. The number of rotatable bonds is 11. The molecule has 4 aliphatic carbocycles. The Balaban J connectivity index is 1.36. The molecule has 0 amide bonds. The van der Waals surface area contributed by atoms with Gasteiger partial charge < -0.3 is 19.3 Å². The molecule has 206 valence electrons. The zero-order valence-corrected chi connectivity index (χ0v) is 23.6. The molecule has 0 radical (unpaired) electrons. The van der Waals surface area contributed by atoms with Crippen LogP contribution in [0.3, 0.4) is 0 Å². The van der Waals surface area contributed by atoms with Gasteiger partial charge >= 0.3 is 5.97 Å². The van der Waals surface area contributed by atoms with Gasteiger partial charge in [0, 0.05) is 14.0 Å². The molecule has 1 unspecified atom stereocenters. The minimum Gasteiger partial charge on any atom is -0.466 e. The van der Waals surface area contributed by atoms with Crippen LogP contribution in [-0.4, -0.2) is 43.8 Å². The van der Waals surface area contributed by atoms with Gasteiger partial charge in [-0.2, -0.15) is 0 Å². The number of allylic oxidation sites excluding steroid dienone is 1. The van der Waals surface area contributed by atoms with Crippen molar-refractivity contribution in [1.82, 2.24) is 0 Å². The molecule has 4 aliphatic rings. The Labute approximate surface area is 219 Å². The van der Waals surface area contributed by atoms with Gasteiger partial charge in [-0.3, -0.25) is 4.79 Å². The fourth-order valence-electron chi connectivity index (χ4n) is 9.17. The molecule has 0 aromatic carbocycles. The number of aliphatic hydroxyl groups is 1. The van der Waals surface area contributed by atoms with E-state index in [2.05, 4.69) is 26.8 Å². The van der Waals surface area contributed by atoms with Crippen LogP contribution in [0.1, 0.15) is 105 Å².